The molecule has 0 aliphatic carbocycles. The van der Waals surface area contributed by atoms with Crippen molar-refractivity contribution in [2.24, 2.45) is 0 Å². The minimum absolute atomic E-state index is 0.154. The summed E-state index contributed by atoms with van der Waals surface area (Å²) >= 11 is 5.65. The van der Waals surface area contributed by atoms with E-state index in [0.29, 0.717) is 0 Å². The van der Waals surface area contributed by atoms with Crippen LogP contribution in [-0.2, 0) is 5.88 Å². The normalized spacial score (nSPS) is 10.0. The fourth-order valence-electron chi connectivity index (χ4n) is 1.52. The summed E-state index contributed by atoms with van der Waals surface area (Å²) in [5, 5.41) is 9.00. The Kier molecular flexibility index (Phi) is 3.98. The molecule has 0 bridgehead atoms. The highest BCUT2D eigenvalue weighted by atomic mass is 35.5. The third-order valence-electron chi connectivity index (χ3n) is 2.45. The fraction of sp³-hybridized carbons (Fsp3) is 0.0714. The van der Waals surface area contributed by atoms with E-state index in [2.05, 4.69) is 0 Å². The predicted molar refractivity (Wildman–Crippen MR) is 67.1 cm³/mol. The molecule has 0 aromatic heterocycles. The smallest absolute Gasteiger partial charge is 0.201 e. The molecule has 96 valence electrons. The van der Waals surface area contributed by atoms with Crippen LogP contribution in [0.1, 0.15) is 11.1 Å². The average molecular weight is 280 g/mol. The maximum atomic E-state index is 13.5. The van der Waals surface area contributed by atoms with E-state index in [1.807, 2.05) is 6.07 Å². The number of benzene rings is 2. The molecular weight excluding hydrogens is 272 g/mol. The molecule has 19 heavy (non-hydrogen) atoms. The quantitative estimate of drug-likeness (QED) is 0.782. The number of nitrogens with zero attached hydrogens (tertiary/aromatic N) is 1. The Hall–Kier alpha value is -2.12. The van der Waals surface area contributed by atoms with Gasteiger partial charge in [-0.15, -0.1) is 11.6 Å². The lowest BCUT2D eigenvalue weighted by Gasteiger charge is -2.09. The monoisotopic (exact) mass is 279 g/mol. The number of nitriles is 1. The molecule has 0 aliphatic heterocycles. The lowest BCUT2D eigenvalue weighted by atomic mass is 10.1. The van der Waals surface area contributed by atoms with Crippen LogP contribution in [0, 0.1) is 23.0 Å². The number of hydrogen-bond acceptors (Lipinski definition) is 2. The van der Waals surface area contributed by atoms with Crippen LogP contribution < -0.4 is 4.74 Å². The van der Waals surface area contributed by atoms with Crippen molar-refractivity contribution >= 4 is 11.6 Å². The van der Waals surface area contributed by atoms with Gasteiger partial charge in [-0.25, -0.2) is 4.39 Å². The molecule has 2 aromatic rings. The van der Waals surface area contributed by atoms with Crippen molar-refractivity contribution in [3.8, 4) is 17.6 Å². The molecule has 0 fully saturated rings. The third-order valence-corrected chi connectivity index (χ3v) is 2.76. The summed E-state index contributed by atoms with van der Waals surface area (Å²) in [4.78, 5) is 0. The van der Waals surface area contributed by atoms with Crippen LogP contribution in [0.25, 0.3) is 0 Å². The van der Waals surface area contributed by atoms with Gasteiger partial charge in [-0.05, 0) is 29.8 Å². The first kappa shape index (κ1) is 13.3. The first-order valence-electron chi connectivity index (χ1n) is 5.36. The highest BCUT2D eigenvalue weighted by molar-refractivity contribution is 6.17. The third kappa shape index (κ3) is 2.83. The topological polar surface area (TPSA) is 33.0 Å². The second kappa shape index (κ2) is 5.68. The van der Waals surface area contributed by atoms with Gasteiger partial charge in [0.1, 0.15) is 11.8 Å². The van der Waals surface area contributed by atoms with E-state index in [4.69, 9.17) is 21.6 Å². The van der Waals surface area contributed by atoms with Crippen LogP contribution in [0.5, 0.6) is 11.5 Å². The Labute approximate surface area is 113 Å². The SMILES string of the molecule is N#Cc1cc(CCl)ccc1Oc1cccc(F)c1F. The van der Waals surface area contributed by atoms with Gasteiger partial charge in [0, 0.05) is 5.88 Å². The first-order valence-corrected chi connectivity index (χ1v) is 5.90. The van der Waals surface area contributed by atoms with E-state index in [9.17, 15) is 8.78 Å². The Balaban J connectivity index is 2.39. The summed E-state index contributed by atoms with van der Waals surface area (Å²) in [5.41, 5.74) is 0.951. The van der Waals surface area contributed by atoms with Crippen LogP contribution in [0.3, 0.4) is 0 Å². The Morgan fingerprint density at radius 2 is 1.95 bits per heavy atom. The number of alkyl halides is 1. The summed E-state index contributed by atoms with van der Waals surface area (Å²) in [6, 6.07) is 10.2. The van der Waals surface area contributed by atoms with Gasteiger partial charge >= 0.3 is 0 Å². The zero-order valence-electron chi connectivity index (χ0n) is 9.66. The molecule has 0 amide bonds. The standard InChI is InChI=1S/C14H8ClF2NO/c15-7-9-4-5-12(10(6-9)8-18)19-13-3-1-2-11(16)14(13)17/h1-6H,7H2. The molecule has 5 heteroatoms. The molecule has 2 rings (SSSR count). The summed E-state index contributed by atoms with van der Waals surface area (Å²) in [6.07, 6.45) is 0. The zero-order valence-corrected chi connectivity index (χ0v) is 10.4. The molecule has 0 spiro atoms. The molecule has 0 radical (unpaired) electrons. The van der Waals surface area contributed by atoms with Gasteiger partial charge in [-0.2, -0.15) is 9.65 Å². The van der Waals surface area contributed by atoms with E-state index in [-0.39, 0.29) is 22.9 Å². The lowest BCUT2D eigenvalue weighted by Crippen LogP contribution is -1.94. The largest absolute Gasteiger partial charge is 0.453 e. The van der Waals surface area contributed by atoms with Crippen molar-refractivity contribution in [2.45, 2.75) is 5.88 Å². The minimum Gasteiger partial charge on any atom is -0.453 e. The average Bonchev–Trinajstić information content (AvgIpc) is 2.44. The number of ether oxygens (including phenoxy) is 1. The van der Waals surface area contributed by atoms with E-state index in [1.54, 1.807) is 12.1 Å². The van der Waals surface area contributed by atoms with Gasteiger partial charge in [0.25, 0.3) is 0 Å². The fourth-order valence-corrected chi connectivity index (χ4v) is 1.68. The van der Waals surface area contributed by atoms with Crippen molar-refractivity contribution in [3.63, 3.8) is 0 Å². The van der Waals surface area contributed by atoms with E-state index in [1.165, 1.54) is 18.2 Å². The predicted octanol–water partition coefficient (Wildman–Crippen LogP) is 4.37. The highest BCUT2D eigenvalue weighted by Gasteiger charge is 2.12. The van der Waals surface area contributed by atoms with Gasteiger partial charge in [0.05, 0.1) is 5.56 Å². The Morgan fingerprint density at radius 1 is 1.16 bits per heavy atom. The summed E-state index contributed by atoms with van der Waals surface area (Å²) in [6.45, 7) is 0. The van der Waals surface area contributed by atoms with Crippen molar-refractivity contribution in [1.29, 1.82) is 5.26 Å². The van der Waals surface area contributed by atoms with Crippen LogP contribution in [0.2, 0.25) is 0 Å². The van der Waals surface area contributed by atoms with E-state index in [0.717, 1.165) is 11.6 Å². The Morgan fingerprint density at radius 3 is 2.63 bits per heavy atom. The van der Waals surface area contributed by atoms with Crippen LogP contribution >= 0.6 is 11.6 Å². The maximum absolute atomic E-state index is 13.5. The van der Waals surface area contributed by atoms with Crippen LogP contribution in [-0.4, -0.2) is 0 Å². The summed E-state index contributed by atoms with van der Waals surface area (Å²) < 4.78 is 31.7. The minimum atomic E-state index is -1.09. The van der Waals surface area contributed by atoms with Gasteiger partial charge in [0.2, 0.25) is 5.82 Å². The molecule has 0 heterocycles. The molecule has 0 aliphatic rings. The zero-order chi connectivity index (χ0) is 13.8. The molecule has 0 saturated carbocycles. The van der Waals surface area contributed by atoms with Gasteiger partial charge in [0.15, 0.2) is 11.6 Å². The molecular formula is C14H8ClF2NO. The molecule has 0 atom stereocenters. The van der Waals surface area contributed by atoms with Gasteiger partial charge in [-0.3, -0.25) is 0 Å². The van der Waals surface area contributed by atoms with Crippen molar-refractivity contribution in [2.75, 3.05) is 0 Å². The van der Waals surface area contributed by atoms with Gasteiger partial charge in [-0.1, -0.05) is 12.1 Å². The summed E-state index contributed by atoms with van der Waals surface area (Å²) in [7, 11) is 0. The molecule has 2 nitrogen and oxygen atoms in total. The summed E-state index contributed by atoms with van der Waals surface area (Å²) in [5.74, 6) is -1.96. The number of hydrogen-bond donors (Lipinski definition) is 0. The Bertz CT molecular complexity index is 652. The molecule has 0 N–H and O–H groups in total. The molecule has 0 unspecified atom stereocenters. The van der Waals surface area contributed by atoms with E-state index < -0.39 is 11.6 Å². The number of halogens is 3. The highest BCUT2D eigenvalue weighted by Crippen LogP contribution is 2.29. The van der Waals surface area contributed by atoms with Crippen molar-refractivity contribution in [3.05, 3.63) is 59.2 Å². The first-order chi connectivity index (χ1) is 9.15. The number of rotatable bonds is 3. The van der Waals surface area contributed by atoms with Crippen LogP contribution in [0.4, 0.5) is 8.78 Å². The van der Waals surface area contributed by atoms with Gasteiger partial charge < -0.3 is 4.74 Å². The van der Waals surface area contributed by atoms with E-state index >= 15 is 0 Å². The lowest BCUT2D eigenvalue weighted by molar-refractivity contribution is 0.415. The van der Waals surface area contributed by atoms with Crippen molar-refractivity contribution < 1.29 is 13.5 Å². The molecule has 2 aromatic carbocycles. The second-order valence-electron chi connectivity index (χ2n) is 3.73. The van der Waals surface area contributed by atoms with Crippen LogP contribution in [0.15, 0.2) is 36.4 Å². The van der Waals surface area contributed by atoms with Crippen molar-refractivity contribution in [1.82, 2.24) is 0 Å². The maximum Gasteiger partial charge on any atom is 0.201 e. The molecule has 0 saturated heterocycles. The second-order valence-corrected chi connectivity index (χ2v) is 4.00.